The number of aryl methyl sites for hydroxylation is 1. The number of halogens is 1. The predicted molar refractivity (Wildman–Crippen MR) is 62.4 cm³/mol. The van der Waals surface area contributed by atoms with Crippen molar-refractivity contribution in [3.8, 4) is 0 Å². The van der Waals surface area contributed by atoms with Crippen LogP contribution in [0.25, 0.3) is 0 Å². The Labute approximate surface area is 95.5 Å². The van der Waals surface area contributed by atoms with Gasteiger partial charge in [-0.25, -0.2) is 9.97 Å². The summed E-state index contributed by atoms with van der Waals surface area (Å²) in [6, 6.07) is 0.546. The summed E-state index contributed by atoms with van der Waals surface area (Å²) in [5.74, 6) is 1.72. The molecule has 3 nitrogen and oxygen atoms in total. The van der Waals surface area contributed by atoms with Gasteiger partial charge in [0.25, 0.3) is 0 Å². The lowest BCUT2D eigenvalue weighted by molar-refractivity contribution is 0.625. The lowest BCUT2D eigenvalue weighted by Gasteiger charge is -2.24. The van der Waals surface area contributed by atoms with Crippen LogP contribution in [-0.2, 0) is 0 Å². The molecular formula is C11H16ClN3. The molecule has 2 heterocycles. The van der Waals surface area contributed by atoms with Crippen LogP contribution in [0, 0.1) is 12.8 Å². The zero-order valence-corrected chi connectivity index (χ0v) is 10.1. The van der Waals surface area contributed by atoms with Crippen molar-refractivity contribution in [1.29, 1.82) is 0 Å². The van der Waals surface area contributed by atoms with E-state index in [1.807, 2.05) is 6.92 Å². The van der Waals surface area contributed by atoms with Gasteiger partial charge in [0.05, 0.1) is 0 Å². The first-order valence-corrected chi connectivity index (χ1v) is 5.71. The van der Waals surface area contributed by atoms with E-state index < -0.39 is 0 Å². The average molecular weight is 226 g/mol. The maximum atomic E-state index is 5.83. The lowest BCUT2D eigenvalue weighted by atomic mass is 10.1. The van der Waals surface area contributed by atoms with Crippen molar-refractivity contribution in [2.24, 2.45) is 5.92 Å². The molecule has 0 N–H and O–H groups in total. The molecule has 1 fully saturated rings. The first-order chi connectivity index (χ1) is 7.08. The van der Waals surface area contributed by atoms with Gasteiger partial charge in [0.1, 0.15) is 5.82 Å². The molecule has 1 saturated heterocycles. The minimum absolute atomic E-state index is 0.336. The fraction of sp³-hybridized carbons (Fsp3) is 0.636. The van der Waals surface area contributed by atoms with Gasteiger partial charge in [-0.3, -0.25) is 0 Å². The number of nitrogens with zero attached hydrogens (tertiary/aromatic N) is 3. The molecule has 2 unspecified atom stereocenters. The topological polar surface area (TPSA) is 29.0 Å². The molecule has 2 atom stereocenters. The molecule has 4 heteroatoms. The fourth-order valence-corrected chi connectivity index (χ4v) is 2.43. The van der Waals surface area contributed by atoms with Crippen molar-refractivity contribution in [2.45, 2.75) is 33.2 Å². The SMILES string of the molecule is Cc1cnc(Cl)nc1N1CC(C)CC1C. The summed E-state index contributed by atoms with van der Waals surface area (Å²) in [6.45, 7) is 7.60. The predicted octanol–water partition coefficient (Wildman–Crippen LogP) is 2.67. The summed E-state index contributed by atoms with van der Waals surface area (Å²) in [4.78, 5) is 10.6. The highest BCUT2D eigenvalue weighted by molar-refractivity contribution is 6.28. The summed E-state index contributed by atoms with van der Waals surface area (Å²) in [6.07, 6.45) is 3.02. The van der Waals surface area contributed by atoms with Crippen molar-refractivity contribution >= 4 is 17.4 Å². The molecule has 2 rings (SSSR count). The van der Waals surface area contributed by atoms with Crippen LogP contribution in [0.3, 0.4) is 0 Å². The summed E-state index contributed by atoms with van der Waals surface area (Å²) < 4.78 is 0. The van der Waals surface area contributed by atoms with Gasteiger partial charge in [-0.2, -0.15) is 0 Å². The van der Waals surface area contributed by atoms with Crippen LogP contribution >= 0.6 is 11.6 Å². The number of aromatic nitrogens is 2. The lowest BCUT2D eigenvalue weighted by Crippen LogP contribution is -2.28. The third-order valence-corrected chi connectivity index (χ3v) is 3.15. The zero-order valence-electron chi connectivity index (χ0n) is 9.37. The largest absolute Gasteiger partial charge is 0.353 e. The van der Waals surface area contributed by atoms with E-state index in [1.165, 1.54) is 6.42 Å². The Morgan fingerprint density at radius 2 is 2.20 bits per heavy atom. The maximum Gasteiger partial charge on any atom is 0.224 e. The standard InChI is InChI=1S/C11H16ClN3/c1-7-4-9(3)15(6-7)10-8(2)5-13-11(12)14-10/h5,7,9H,4,6H2,1-3H3. The Balaban J connectivity index is 2.32. The minimum Gasteiger partial charge on any atom is -0.353 e. The monoisotopic (exact) mass is 225 g/mol. The molecule has 1 aromatic heterocycles. The second-order valence-corrected chi connectivity index (χ2v) is 4.83. The van der Waals surface area contributed by atoms with Crippen LogP contribution in [0.15, 0.2) is 6.20 Å². The Hall–Kier alpha value is -0.830. The van der Waals surface area contributed by atoms with Crippen molar-refractivity contribution in [3.63, 3.8) is 0 Å². The Morgan fingerprint density at radius 1 is 1.47 bits per heavy atom. The highest BCUT2D eigenvalue weighted by Crippen LogP contribution is 2.29. The highest BCUT2D eigenvalue weighted by atomic mass is 35.5. The molecule has 82 valence electrons. The zero-order chi connectivity index (χ0) is 11.0. The van der Waals surface area contributed by atoms with Crippen LogP contribution < -0.4 is 4.90 Å². The Kier molecular flexibility index (Phi) is 2.83. The average Bonchev–Trinajstić information content (AvgIpc) is 2.50. The molecule has 0 saturated carbocycles. The van der Waals surface area contributed by atoms with E-state index in [1.54, 1.807) is 6.20 Å². The van der Waals surface area contributed by atoms with Gasteiger partial charge in [-0.15, -0.1) is 0 Å². The minimum atomic E-state index is 0.336. The van der Waals surface area contributed by atoms with E-state index >= 15 is 0 Å². The third-order valence-electron chi connectivity index (χ3n) is 2.97. The molecular weight excluding hydrogens is 210 g/mol. The highest BCUT2D eigenvalue weighted by Gasteiger charge is 2.28. The molecule has 0 aliphatic carbocycles. The molecule has 0 amide bonds. The van der Waals surface area contributed by atoms with Gasteiger partial charge >= 0.3 is 0 Å². The van der Waals surface area contributed by atoms with Crippen molar-refractivity contribution in [1.82, 2.24) is 9.97 Å². The first-order valence-electron chi connectivity index (χ1n) is 5.33. The summed E-state index contributed by atoms with van der Waals surface area (Å²) >= 11 is 5.83. The van der Waals surface area contributed by atoms with E-state index in [0.29, 0.717) is 11.3 Å². The number of hydrogen-bond donors (Lipinski definition) is 0. The van der Waals surface area contributed by atoms with Gasteiger partial charge < -0.3 is 4.90 Å². The maximum absolute atomic E-state index is 5.83. The van der Waals surface area contributed by atoms with Crippen molar-refractivity contribution < 1.29 is 0 Å². The van der Waals surface area contributed by atoms with Crippen molar-refractivity contribution in [3.05, 3.63) is 17.0 Å². The van der Waals surface area contributed by atoms with Crippen LogP contribution in [0.1, 0.15) is 25.8 Å². The Bertz CT molecular complexity index is 367. The first kappa shape index (κ1) is 10.7. The summed E-state index contributed by atoms with van der Waals surface area (Å²) in [7, 11) is 0. The number of hydrogen-bond acceptors (Lipinski definition) is 3. The molecule has 0 spiro atoms. The van der Waals surface area contributed by atoms with Crippen LogP contribution in [-0.4, -0.2) is 22.6 Å². The van der Waals surface area contributed by atoms with Crippen LogP contribution in [0.5, 0.6) is 0 Å². The molecule has 1 aliphatic heterocycles. The second-order valence-electron chi connectivity index (χ2n) is 4.49. The van der Waals surface area contributed by atoms with Gasteiger partial charge in [0.15, 0.2) is 0 Å². The summed E-state index contributed by atoms with van der Waals surface area (Å²) in [5, 5.41) is 0.336. The molecule has 0 radical (unpaired) electrons. The normalized spacial score (nSPS) is 26.0. The summed E-state index contributed by atoms with van der Waals surface area (Å²) in [5.41, 5.74) is 1.10. The van der Waals surface area contributed by atoms with E-state index in [4.69, 9.17) is 11.6 Å². The quantitative estimate of drug-likeness (QED) is 0.689. The number of anilines is 1. The van der Waals surface area contributed by atoms with E-state index in [-0.39, 0.29) is 0 Å². The van der Waals surface area contributed by atoms with Gasteiger partial charge in [-0.1, -0.05) is 6.92 Å². The second kappa shape index (κ2) is 3.97. The van der Waals surface area contributed by atoms with E-state index in [9.17, 15) is 0 Å². The number of rotatable bonds is 1. The molecule has 1 aliphatic rings. The third kappa shape index (κ3) is 2.07. The van der Waals surface area contributed by atoms with Crippen LogP contribution in [0.4, 0.5) is 5.82 Å². The van der Waals surface area contributed by atoms with Crippen molar-refractivity contribution in [2.75, 3.05) is 11.4 Å². The van der Waals surface area contributed by atoms with Crippen LogP contribution in [0.2, 0.25) is 5.28 Å². The smallest absolute Gasteiger partial charge is 0.224 e. The van der Waals surface area contributed by atoms with E-state index in [2.05, 4.69) is 28.7 Å². The van der Waals surface area contributed by atoms with Gasteiger partial charge in [0.2, 0.25) is 5.28 Å². The Morgan fingerprint density at radius 3 is 2.80 bits per heavy atom. The molecule has 0 bridgehead atoms. The van der Waals surface area contributed by atoms with Gasteiger partial charge in [-0.05, 0) is 37.8 Å². The molecule has 0 aromatic carbocycles. The van der Waals surface area contributed by atoms with E-state index in [0.717, 1.165) is 23.8 Å². The fourth-order valence-electron chi connectivity index (χ4n) is 2.30. The molecule has 15 heavy (non-hydrogen) atoms. The molecule has 1 aromatic rings. The van der Waals surface area contributed by atoms with Gasteiger partial charge in [0, 0.05) is 24.3 Å².